The summed E-state index contributed by atoms with van der Waals surface area (Å²) < 4.78 is 0. The second kappa shape index (κ2) is 13.2. The van der Waals surface area contributed by atoms with Crippen LogP contribution >= 0.6 is 0 Å². The summed E-state index contributed by atoms with van der Waals surface area (Å²) in [5, 5.41) is 21.6. The van der Waals surface area contributed by atoms with Crippen molar-refractivity contribution in [3.8, 4) is 0 Å². The number of hydrogen-bond donors (Lipinski definition) is 3. The van der Waals surface area contributed by atoms with Gasteiger partial charge in [-0.1, -0.05) is 48.5 Å². The van der Waals surface area contributed by atoms with Crippen LogP contribution in [0.2, 0.25) is 0 Å². The summed E-state index contributed by atoms with van der Waals surface area (Å²) in [5.41, 5.74) is -0.177. The van der Waals surface area contributed by atoms with Gasteiger partial charge < -0.3 is 15.5 Å². The quantitative estimate of drug-likeness (QED) is 0.0953. The van der Waals surface area contributed by atoms with Crippen molar-refractivity contribution in [1.82, 2.24) is 0 Å². The Hall–Kier alpha value is -7.80. The number of nitrogens with one attached hydrogen (secondary N) is 1. The first-order valence-electron chi connectivity index (χ1n) is 15.8. The van der Waals surface area contributed by atoms with E-state index >= 15 is 0 Å². The van der Waals surface area contributed by atoms with Gasteiger partial charge in [0.15, 0.2) is 5.78 Å². The van der Waals surface area contributed by atoms with E-state index in [0.29, 0.717) is 26.6 Å². The maximum atomic E-state index is 13.7. The Kier molecular flexibility index (Phi) is 8.36. The monoisotopic (exact) mass is 705 g/mol. The molecule has 5 aromatic carbocycles. The number of fused-ring (bicyclic) bond motifs is 2. The van der Waals surface area contributed by atoms with Gasteiger partial charge in [-0.05, 0) is 78.4 Å². The van der Waals surface area contributed by atoms with Gasteiger partial charge in [0.25, 0.3) is 29.5 Å². The molecule has 0 bridgehead atoms. The average Bonchev–Trinajstić information content (AvgIpc) is 3.57. The zero-order chi connectivity index (χ0) is 37.6. The van der Waals surface area contributed by atoms with E-state index in [1.165, 1.54) is 36.4 Å². The summed E-state index contributed by atoms with van der Waals surface area (Å²) in [6, 6.07) is 25.5. The van der Waals surface area contributed by atoms with Crippen LogP contribution in [0.3, 0.4) is 0 Å². The molecule has 258 valence electrons. The minimum absolute atomic E-state index is 0.0991. The van der Waals surface area contributed by atoms with Crippen molar-refractivity contribution in [3.63, 3.8) is 0 Å². The van der Waals surface area contributed by atoms with Crippen molar-refractivity contribution in [2.45, 2.75) is 0 Å². The van der Waals surface area contributed by atoms with Crippen LogP contribution < -0.4 is 15.1 Å². The fourth-order valence-electron chi connectivity index (χ4n) is 5.95. The minimum Gasteiger partial charge on any atom is -0.478 e. The molecule has 2 aliphatic rings. The third-order valence-electron chi connectivity index (χ3n) is 8.60. The van der Waals surface area contributed by atoms with E-state index in [-0.39, 0.29) is 56.1 Å². The number of aromatic carboxylic acids is 2. The topological polar surface area (TPSA) is 196 Å². The lowest BCUT2D eigenvalue weighted by Crippen LogP contribution is -2.32. The standard InChI is InChI=1S/C40H23N3O10/c44-33(22-4-2-1-3-5-22)15-8-21-6-11-26(12-7-21)41-34(45)25-16-27(42-35(46)29-13-9-23(39(50)51)18-31(29)37(42)48)20-28(17-25)43-36(47)30-14-10-24(40(52)53)19-32(30)38(43)49/h1-20H,(H,41,45)(H,50,51)(H,52,53). The molecule has 7 rings (SSSR count). The predicted molar refractivity (Wildman–Crippen MR) is 190 cm³/mol. The van der Waals surface area contributed by atoms with Gasteiger partial charge in [-0.25, -0.2) is 19.4 Å². The zero-order valence-corrected chi connectivity index (χ0v) is 27.1. The number of amides is 5. The number of anilines is 3. The smallest absolute Gasteiger partial charge is 0.335 e. The van der Waals surface area contributed by atoms with Gasteiger partial charge in [-0.3, -0.25) is 28.8 Å². The number of nitrogens with zero attached hydrogens (tertiary/aromatic N) is 2. The molecule has 2 aliphatic heterocycles. The van der Waals surface area contributed by atoms with Gasteiger partial charge in [0.05, 0.1) is 44.8 Å². The maximum Gasteiger partial charge on any atom is 0.335 e. The van der Waals surface area contributed by atoms with Gasteiger partial charge in [0, 0.05) is 16.8 Å². The van der Waals surface area contributed by atoms with E-state index in [4.69, 9.17) is 0 Å². The molecule has 0 atom stereocenters. The minimum atomic E-state index is -1.33. The summed E-state index contributed by atoms with van der Waals surface area (Å²) >= 11 is 0. The number of carbonyl (C=O) groups excluding carboxylic acids is 6. The molecule has 0 radical (unpaired) electrons. The Morgan fingerprint density at radius 3 is 1.49 bits per heavy atom. The molecule has 2 heterocycles. The molecule has 13 heteroatoms. The third kappa shape index (κ3) is 6.14. The summed E-state index contributed by atoms with van der Waals surface area (Å²) in [5.74, 6) is -7.09. The van der Waals surface area contributed by atoms with Gasteiger partial charge in [-0.15, -0.1) is 0 Å². The number of carbonyl (C=O) groups is 8. The van der Waals surface area contributed by atoms with E-state index in [0.717, 1.165) is 24.3 Å². The fraction of sp³-hybridized carbons (Fsp3) is 0. The first-order valence-corrected chi connectivity index (χ1v) is 15.8. The lowest BCUT2D eigenvalue weighted by atomic mass is 10.1. The van der Waals surface area contributed by atoms with E-state index in [9.17, 15) is 48.6 Å². The SMILES string of the molecule is O=C(O)c1ccc2c(c1)C(=O)N(c1cc(C(=O)Nc3ccc(C=CC(=O)c4ccccc4)cc3)cc(N3C(=O)c4ccc(C(=O)O)cc4C3=O)c1)C2=O. The maximum absolute atomic E-state index is 13.7. The van der Waals surface area contributed by atoms with Gasteiger partial charge in [0.1, 0.15) is 0 Å². The van der Waals surface area contributed by atoms with Crippen LogP contribution in [-0.4, -0.2) is 57.5 Å². The highest BCUT2D eigenvalue weighted by Crippen LogP contribution is 2.36. The number of imide groups is 2. The largest absolute Gasteiger partial charge is 0.478 e. The van der Waals surface area contributed by atoms with Crippen LogP contribution in [0.15, 0.2) is 115 Å². The highest BCUT2D eigenvalue weighted by atomic mass is 16.4. The van der Waals surface area contributed by atoms with Crippen LogP contribution in [0.5, 0.6) is 0 Å². The van der Waals surface area contributed by atoms with Crippen molar-refractivity contribution < 1.29 is 48.6 Å². The molecule has 0 spiro atoms. The molecule has 0 aliphatic carbocycles. The number of benzene rings is 5. The number of hydrogen-bond acceptors (Lipinski definition) is 8. The number of ketones is 1. The number of allylic oxidation sites excluding steroid dienone is 1. The second-order valence-corrected chi connectivity index (χ2v) is 11.9. The second-order valence-electron chi connectivity index (χ2n) is 11.9. The Balaban J connectivity index is 1.23. The predicted octanol–water partition coefficient (Wildman–Crippen LogP) is 5.83. The molecule has 0 fully saturated rings. The van der Waals surface area contributed by atoms with E-state index in [1.54, 1.807) is 60.7 Å². The highest BCUT2D eigenvalue weighted by Gasteiger charge is 2.41. The lowest BCUT2D eigenvalue weighted by Gasteiger charge is -2.20. The molecule has 0 saturated heterocycles. The third-order valence-corrected chi connectivity index (χ3v) is 8.60. The summed E-state index contributed by atoms with van der Waals surface area (Å²) in [7, 11) is 0. The molecule has 0 aromatic heterocycles. The van der Waals surface area contributed by atoms with Crippen molar-refractivity contribution >= 4 is 70.4 Å². The summed E-state index contributed by atoms with van der Waals surface area (Å²) in [4.78, 5) is 105. The van der Waals surface area contributed by atoms with Gasteiger partial charge in [0.2, 0.25) is 0 Å². The molecule has 3 N–H and O–H groups in total. The van der Waals surface area contributed by atoms with Crippen molar-refractivity contribution in [3.05, 3.63) is 165 Å². The number of rotatable bonds is 9. The molecular formula is C40H23N3O10. The fourth-order valence-corrected chi connectivity index (χ4v) is 5.95. The van der Waals surface area contributed by atoms with E-state index < -0.39 is 41.5 Å². The van der Waals surface area contributed by atoms with Crippen LogP contribution in [0.4, 0.5) is 17.1 Å². The molecule has 0 unspecified atom stereocenters. The van der Waals surface area contributed by atoms with Crippen molar-refractivity contribution in [2.24, 2.45) is 0 Å². The summed E-state index contributed by atoms with van der Waals surface area (Å²) in [6.07, 6.45) is 3.03. The first kappa shape index (κ1) is 33.7. The van der Waals surface area contributed by atoms with E-state index in [2.05, 4.69) is 5.32 Å². The average molecular weight is 706 g/mol. The lowest BCUT2D eigenvalue weighted by molar-refractivity contribution is 0.0686. The molecule has 5 amide bonds. The molecule has 0 saturated carbocycles. The zero-order valence-electron chi connectivity index (χ0n) is 27.1. The number of carboxylic acids is 2. The normalized spacial score (nSPS) is 13.4. The summed E-state index contributed by atoms with van der Waals surface area (Å²) in [6.45, 7) is 0. The van der Waals surface area contributed by atoms with Gasteiger partial charge in [-0.2, -0.15) is 0 Å². The van der Waals surface area contributed by atoms with E-state index in [1.807, 2.05) is 0 Å². The molecule has 53 heavy (non-hydrogen) atoms. The van der Waals surface area contributed by atoms with Crippen molar-refractivity contribution in [2.75, 3.05) is 15.1 Å². The Bertz CT molecular complexity index is 2390. The molecule has 13 nitrogen and oxygen atoms in total. The van der Waals surface area contributed by atoms with Crippen LogP contribution in [0.1, 0.15) is 88.4 Å². The van der Waals surface area contributed by atoms with Crippen LogP contribution in [-0.2, 0) is 0 Å². The number of carboxylic acid groups (broad SMARTS) is 2. The van der Waals surface area contributed by atoms with Gasteiger partial charge >= 0.3 is 11.9 Å². The molecule has 5 aromatic rings. The Morgan fingerprint density at radius 1 is 0.509 bits per heavy atom. The van der Waals surface area contributed by atoms with Crippen molar-refractivity contribution in [1.29, 1.82) is 0 Å². The Labute approximate surface area is 299 Å². The molecular weight excluding hydrogens is 682 g/mol. The van der Waals surface area contributed by atoms with Crippen LogP contribution in [0.25, 0.3) is 6.08 Å². The van der Waals surface area contributed by atoms with Crippen LogP contribution in [0, 0.1) is 0 Å². The highest BCUT2D eigenvalue weighted by molar-refractivity contribution is 6.37. The first-order chi connectivity index (χ1) is 25.4. The Morgan fingerprint density at radius 2 is 1.00 bits per heavy atom.